The third kappa shape index (κ3) is 3.05. The summed E-state index contributed by atoms with van der Waals surface area (Å²) in [6.45, 7) is 1.49. The van der Waals surface area contributed by atoms with E-state index in [4.69, 9.17) is 4.74 Å². The molecule has 0 spiro atoms. The van der Waals surface area contributed by atoms with Crippen molar-refractivity contribution in [2.45, 2.75) is 13.0 Å². The maximum Gasteiger partial charge on any atom is 0.197 e. The van der Waals surface area contributed by atoms with Crippen molar-refractivity contribution >= 4 is 5.69 Å². The number of nitriles is 1. The SMILES string of the molecule is COc1cc(C#N)cc(N2CCc3nc(-c4ncccn4)ncc3C2)c1. The molecule has 0 bridgehead atoms. The van der Waals surface area contributed by atoms with Gasteiger partial charge in [0.2, 0.25) is 0 Å². The Balaban J connectivity index is 1.62. The summed E-state index contributed by atoms with van der Waals surface area (Å²) in [5, 5.41) is 9.22. The maximum atomic E-state index is 9.22. The van der Waals surface area contributed by atoms with E-state index in [0.29, 0.717) is 29.5 Å². The molecule has 0 fully saturated rings. The molecule has 128 valence electrons. The number of hydrogen-bond acceptors (Lipinski definition) is 7. The normalized spacial score (nSPS) is 13.0. The minimum Gasteiger partial charge on any atom is -0.497 e. The third-order valence-electron chi connectivity index (χ3n) is 4.32. The summed E-state index contributed by atoms with van der Waals surface area (Å²) < 4.78 is 5.31. The lowest BCUT2D eigenvalue weighted by molar-refractivity contribution is 0.414. The first-order valence-corrected chi connectivity index (χ1v) is 8.23. The minimum absolute atomic E-state index is 0.532. The van der Waals surface area contributed by atoms with Crippen LogP contribution in [0.5, 0.6) is 5.75 Å². The zero-order valence-electron chi connectivity index (χ0n) is 14.3. The molecule has 0 unspecified atom stereocenters. The van der Waals surface area contributed by atoms with Crippen LogP contribution in [-0.4, -0.2) is 33.6 Å². The predicted octanol–water partition coefficient (Wildman–Crippen LogP) is 2.38. The fraction of sp³-hybridized carbons (Fsp3) is 0.211. The molecule has 0 saturated carbocycles. The molecule has 1 aliphatic rings. The van der Waals surface area contributed by atoms with Crippen molar-refractivity contribution < 1.29 is 4.74 Å². The number of rotatable bonds is 3. The molecule has 1 aliphatic heterocycles. The van der Waals surface area contributed by atoms with Gasteiger partial charge in [0.15, 0.2) is 11.6 Å². The quantitative estimate of drug-likeness (QED) is 0.721. The molecule has 1 aromatic carbocycles. The Kier molecular flexibility index (Phi) is 4.15. The van der Waals surface area contributed by atoms with Crippen LogP contribution < -0.4 is 9.64 Å². The molecule has 3 heterocycles. The number of nitrogens with zero attached hydrogens (tertiary/aromatic N) is 6. The highest BCUT2D eigenvalue weighted by molar-refractivity contribution is 5.57. The number of fused-ring (bicyclic) bond motifs is 1. The van der Waals surface area contributed by atoms with Crippen molar-refractivity contribution in [2.75, 3.05) is 18.6 Å². The van der Waals surface area contributed by atoms with Gasteiger partial charge in [-0.1, -0.05) is 0 Å². The van der Waals surface area contributed by atoms with Crippen LogP contribution in [0, 0.1) is 11.3 Å². The Bertz CT molecular complexity index is 983. The fourth-order valence-corrected chi connectivity index (χ4v) is 3.01. The van der Waals surface area contributed by atoms with Crippen molar-refractivity contribution in [1.82, 2.24) is 19.9 Å². The van der Waals surface area contributed by atoms with Gasteiger partial charge in [-0.25, -0.2) is 19.9 Å². The zero-order chi connectivity index (χ0) is 17.9. The first kappa shape index (κ1) is 16.0. The van der Waals surface area contributed by atoms with Crippen molar-refractivity contribution in [1.29, 1.82) is 5.26 Å². The van der Waals surface area contributed by atoms with Gasteiger partial charge in [-0.15, -0.1) is 0 Å². The summed E-state index contributed by atoms with van der Waals surface area (Å²) in [7, 11) is 1.60. The monoisotopic (exact) mass is 344 g/mol. The molecular formula is C19H16N6O. The number of benzene rings is 1. The Morgan fingerprint density at radius 1 is 1.12 bits per heavy atom. The minimum atomic E-state index is 0.532. The van der Waals surface area contributed by atoms with E-state index < -0.39 is 0 Å². The van der Waals surface area contributed by atoms with Crippen molar-refractivity contribution in [3.05, 3.63) is 59.7 Å². The predicted molar refractivity (Wildman–Crippen MR) is 95.5 cm³/mol. The number of anilines is 1. The van der Waals surface area contributed by atoms with Crippen molar-refractivity contribution in [3.8, 4) is 23.5 Å². The molecule has 0 atom stereocenters. The summed E-state index contributed by atoms with van der Waals surface area (Å²) in [5.41, 5.74) is 3.62. The molecule has 0 radical (unpaired) electrons. The van der Waals surface area contributed by atoms with E-state index in [2.05, 4.69) is 30.9 Å². The number of aromatic nitrogens is 4. The van der Waals surface area contributed by atoms with Gasteiger partial charge < -0.3 is 9.64 Å². The lowest BCUT2D eigenvalue weighted by Gasteiger charge is -2.30. The van der Waals surface area contributed by atoms with Crippen LogP contribution in [0.25, 0.3) is 11.6 Å². The highest BCUT2D eigenvalue weighted by Crippen LogP contribution is 2.28. The summed E-state index contributed by atoms with van der Waals surface area (Å²) >= 11 is 0. The average molecular weight is 344 g/mol. The van der Waals surface area contributed by atoms with Gasteiger partial charge >= 0.3 is 0 Å². The van der Waals surface area contributed by atoms with Crippen LogP contribution in [0.2, 0.25) is 0 Å². The number of hydrogen-bond donors (Lipinski definition) is 0. The Hall–Kier alpha value is -3.53. The van der Waals surface area contributed by atoms with Gasteiger partial charge in [-0.05, 0) is 18.2 Å². The van der Waals surface area contributed by atoms with Gasteiger partial charge in [0, 0.05) is 55.4 Å². The lowest BCUT2D eigenvalue weighted by atomic mass is 10.1. The molecule has 0 amide bonds. The van der Waals surface area contributed by atoms with Crippen LogP contribution in [0.15, 0.2) is 42.9 Å². The Labute approximate surface area is 151 Å². The lowest BCUT2D eigenvalue weighted by Crippen LogP contribution is -2.31. The second-order valence-electron chi connectivity index (χ2n) is 5.94. The smallest absolute Gasteiger partial charge is 0.197 e. The standard InChI is InChI=1S/C19H16N6O/c1-26-16-8-13(10-20)7-15(9-16)25-6-3-17-14(12-25)11-23-19(24-17)18-21-4-2-5-22-18/h2,4-5,7-9,11H,3,6,12H2,1H3. The average Bonchev–Trinajstić information content (AvgIpc) is 2.73. The van der Waals surface area contributed by atoms with Crippen LogP contribution in [0.1, 0.15) is 16.8 Å². The topological polar surface area (TPSA) is 87.8 Å². The zero-order valence-corrected chi connectivity index (χ0v) is 14.3. The van der Waals surface area contributed by atoms with E-state index in [1.807, 2.05) is 18.3 Å². The van der Waals surface area contributed by atoms with Crippen molar-refractivity contribution in [2.24, 2.45) is 0 Å². The van der Waals surface area contributed by atoms with E-state index in [9.17, 15) is 5.26 Å². The van der Waals surface area contributed by atoms with E-state index in [-0.39, 0.29) is 0 Å². The molecule has 7 heteroatoms. The van der Waals surface area contributed by atoms with Gasteiger partial charge in [0.25, 0.3) is 0 Å². The number of methoxy groups -OCH3 is 1. The Morgan fingerprint density at radius 3 is 2.73 bits per heavy atom. The van der Waals surface area contributed by atoms with E-state index in [0.717, 1.165) is 29.9 Å². The van der Waals surface area contributed by atoms with Crippen molar-refractivity contribution in [3.63, 3.8) is 0 Å². The van der Waals surface area contributed by atoms with Gasteiger partial charge in [0.05, 0.1) is 24.4 Å². The molecular weight excluding hydrogens is 328 g/mol. The molecule has 0 aliphatic carbocycles. The second kappa shape index (κ2) is 6.76. The first-order valence-electron chi connectivity index (χ1n) is 8.23. The van der Waals surface area contributed by atoms with Gasteiger partial charge in [0.1, 0.15) is 5.75 Å². The first-order chi connectivity index (χ1) is 12.8. The largest absolute Gasteiger partial charge is 0.497 e. The van der Waals surface area contributed by atoms with Crippen LogP contribution in [0.3, 0.4) is 0 Å². The van der Waals surface area contributed by atoms with Crippen LogP contribution in [-0.2, 0) is 13.0 Å². The summed E-state index contributed by atoms with van der Waals surface area (Å²) in [5.74, 6) is 1.76. The van der Waals surface area contributed by atoms with E-state index >= 15 is 0 Å². The summed E-state index contributed by atoms with van der Waals surface area (Å²) in [6.07, 6.45) is 5.99. The molecule has 0 N–H and O–H groups in total. The van der Waals surface area contributed by atoms with E-state index in [1.165, 1.54) is 0 Å². The molecule has 7 nitrogen and oxygen atoms in total. The van der Waals surface area contributed by atoms with Crippen LogP contribution in [0.4, 0.5) is 5.69 Å². The van der Waals surface area contributed by atoms with E-state index in [1.54, 1.807) is 31.6 Å². The Morgan fingerprint density at radius 2 is 1.96 bits per heavy atom. The maximum absolute atomic E-state index is 9.22. The van der Waals surface area contributed by atoms with Crippen LogP contribution >= 0.6 is 0 Å². The fourth-order valence-electron chi connectivity index (χ4n) is 3.01. The highest BCUT2D eigenvalue weighted by Gasteiger charge is 2.20. The third-order valence-corrected chi connectivity index (χ3v) is 4.32. The summed E-state index contributed by atoms with van der Waals surface area (Å²) in [6, 6.07) is 9.50. The summed E-state index contributed by atoms with van der Waals surface area (Å²) in [4.78, 5) is 19.7. The molecule has 2 aromatic heterocycles. The molecule has 0 saturated heterocycles. The molecule has 3 aromatic rings. The van der Waals surface area contributed by atoms with Gasteiger partial charge in [-0.3, -0.25) is 0 Å². The second-order valence-corrected chi connectivity index (χ2v) is 5.94. The molecule has 4 rings (SSSR count). The number of ether oxygens (including phenoxy) is 1. The van der Waals surface area contributed by atoms with Gasteiger partial charge in [-0.2, -0.15) is 5.26 Å². The molecule has 26 heavy (non-hydrogen) atoms. The highest BCUT2D eigenvalue weighted by atomic mass is 16.5.